The lowest BCUT2D eigenvalue weighted by atomic mass is 9.53. The first-order valence-electron chi connectivity index (χ1n) is 9.99. The molecular weight excluding hydrogens is 358 g/mol. The Labute approximate surface area is 163 Å². The van der Waals surface area contributed by atoms with E-state index in [1.165, 1.54) is 50.3 Å². The third-order valence-electron chi connectivity index (χ3n) is 6.55. The highest BCUT2D eigenvalue weighted by Gasteiger charge is 2.51. The van der Waals surface area contributed by atoms with E-state index >= 15 is 0 Å². The predicted molar refractivity (Wildman–Crippen MR) is 108 cm³/mol. The first kappa shape index (κ1) is 17.3. The number of aliphatic imine (C=N–C) groups is 1. The molecule has 6 rings (SSSR count). The fraction of sp³-hybridized carbons (Fsp3) is 0.571. The standard InChI is InChI=1S/C21H25N3O2S/c25-18(22-16-4-2-1-3-5-16)9-17-19(26)23-20(27-17)24-21-10-13-6-14(11-21)8-15(7-13)12-21/h1-5,13-15,17H,6-12H2,(H,22,25)(H,23,24,26). The number of para-hydroxylation sites is 1. The summed E-state index contributed by atoms with van der Waals surface area (Å²) >= 11 is 1.44. The number of hydrogen-bond acceptors (Lipinski definition) is 4. The zero-order valence-electron chi connectivity index (χ0n) is 15.3. The minimum absolute atomic E-state index is 0.0472. The molecule has 1 heterocycles. The van der Waals surface area contributed by atoms with Crippen LogP contribution in [0.2, 0.25) is 0 Å². The number of anilines is 1. The average molecular weight is 384 g/mol. The number of nitrogens with one attached hydrogen (secondary N) is 2. The van der Waals surface area contributed by atoms with Crippen LogP contribution in [0.4, 0.5) is 5.69 Å². The Kier molecular flexibility index (Phi) is 4.26. The van der Waals surface area contributed by atoms with Crippen molar-refractivity contribution in [3.05, 3.63) is 30.3 Å². The number of carbonyl (C=O) groups is 2. The van der Waals surface area contributed by atoms with Gasteiger partial charge in [-0.3, -0.25) is 14.6 Å². The van der Waals surface area contributed by atoms with E-state index in [1.54, 1.807) is 0 Å². The summed E-state index contributed by atoms with van der Waals surface area (Å²) in [6.07, 6.45) is 7.85. The quantitative estimate of drug-likeness (QED) is 0.835. The molecule has 6 heteroatoms. The summed E-state index contributed by atoms with van der Waals surface area (Å²) in [6.45, 7) is 0. The Morgan fingerprint density at radius 2 is 1.74 bits per heavy atom. The molecule has 1 aromatic rings. The second-order valence-corrected chi connectivity index (χ2v) is 9.96. The van der Waals surface area contributed by atoms with E-state index in [9.17, 15) is 9.59 Å². The van der Waals surface area contributed by atoms with Gasteiger partial charge in [-0.25, -0.2) is 0 Å². The highest BCUT2D eigenvalue weighted by atomic mass is 32.2. The SMILES string of the molecule is O=C(CC1SC(=NC23CC4CC(CC(C4)C2)C3)NC1=O)Nc1ccccc1. The summed E-state index contributed by atoms with van der Waals surface area (Å²) in [4.78, 5) is 29.7. The van der Waals surface area contributed by atoms with Crippen molar-refractivity contribution < 1.29 is 9.59 Å². The van der Waals surface area contributed by atoms with Crippen LogP contribution in [0.15, 0.2) is 35.3 Å². The lowest BCUT2D eigenvalue weighted by Crippen LogP contribution is -2.50. The molecule has 142 valence electrons. The number of nitrogens with zero attached hydrogens (tertiary/aromatic N) is 1. The van der Waals surface area contributed by atoms with Gasteiger partial charge in [0, 0.05) is 12.1 Å². The van der Waals surface area contributed by atoms with E-state index < -0.39 is 0 Å². The topological polar surface area (TPSA) is 70.6 Å². The molecule has 5 nitrogen and oxygen atoms in total. The molecule has 4 bridgehead atoms. The van der Waals surface area contributed by atoms with Crippen molar-refractivity contribution in [2.24, 2.45) is 22.7 Å². The van der Waals surface area contributed by atoms with Crippen LogP contribution in [0.25, 0.3) is 0 Å². The summed E-state index contributed by atoms with van der Waals surface area (Å²) in [7, 11) is 0. The molecule has 5 aliphatic rings. The van der Waals surface area contributed by atoms with Crippen LogP contribution in [-0.4, -0.2) is 27.8 Å². The first-order chi connectivity index (χ1) is 13.1. The van der Waals surface area contributed by atoms with Gasteiger partial charge in [0.25, 0.3) is 0 Å². The number of thioether (sulfide) groups is 1. The van der Waals surface area contributed by atoms with Gasteiger partial charge in [0.05, 0.1) is 5.54 Å². The summed E-state index contributed by atoms with van der Waals surface area (Å²) in [5.74, 6) is 2.26. The van der Waals surface area contributed by atoms with Crippen LogP contribution < -0.4 is 10.6 Å². The van der Waals surface area contributed by atoms with Gasteiger partial charge < -0.3 is 10.6 Å². The van der Waals surface area contributed by atoms with Crippen LogP contribution in [0, 0.1) is 17.8 Å². The van der Waals surface area contributed by atoms with Crippen molar-refractivity contribution in [1.82, 2.24) is 5.32 Å². The Hall–Kier alpha value is -1.82. The van der Waals surface area contributed by atoms with Gasteiger partial charge in [0.15, 0.2) is 5.17 Å². The van der Waals surface area contributed by atoms with Crippen molar-refractivity contribution in [2.45, 2.75) is 55.7 Å². The van der Waals surface area contributed by atoms with Gasteiger partial charge in [-0.05, 0) is 68.4 Å². The molecule has 2 amide bonds. The Bertz CT molecular complexity index is 757. The highest BCUT2D eigenvalue weighted by Crippen LogP contribution is 2.57. The number of rotatable bonds is 4. The fourth-order valence-corrected chi connectivity index (χ4v) is 6.99. The number of carbonyl (C=O) groups excluding carboxylic acids is 2. The molecule has 0 aromatic heterocycles. The Morgan fingerprint density at radius 3 is 2.37 bits per heavy atom. The maximum Gasteiger partial charge on any atom is 0.240 e. The molecule has 1 aromatic carbocycles. The molecule has 1 unspecified atom stereocenters. The van der Waals surface area contributed by atoms with E-state index in [4.69, 9.17) is 4.99 Å². The van der Waals surface area contributed by atoms with Crippen LogP contribution in [-0.2, 0) is 9.59 Å². The van der Waals surface area contributed by atoms with Crippen molar-refractivity contribution in [1.29, 1.82) is 0 Å². The first-order valence-corrected chi connectivity index (χ1v) is 10.9. The molecule has 1 saturated heterocycles. The number of benzene rings is 1. The van der Waals surface area contributed by atoms with Crippen molar-refractivity contribution in [2.75, 3.05) is 5.32 Å². The molecule has 4 aliphatic carbocycles. The lowest BCUT2D eigenvalue weighted by Gasteiger charge is -2.55. The number of amidine groups is 1. The van der Waals surface area contributed by atoms with Gasteiger partial charge in [0.1, 0.15) is 5.25 Å². The third kappa shape index (κ3) is 3.51. The van der Waals surface area contributed by atoms with Crippen molar-refractivity contribution in [3.8, 4) is 0 Å². The summed E-state index contributed by atoms with van der Waals surface area (Å²) < 4.78 is 0. The molecule has 4 saturated carbocycles. The van der Waals surface area contributed by atoms with Gasteiger partial charge in [0.2, 0.25) is 11.8 Å². The van der Waals surface area contributed by atoms with E-state index in [1.807, 2.05) is 30.3 Å². The van der Waals surface area contributed by atoms with E-state index in [-0.39, 0.29) is 29.0 Å². The summed E-state index contributed by atoms with van der Waals surface area (Å²) in [6, 6.07) is 9.36. The van der Waals surface area contributed by atoms with Gasteiger partial charge in [-0.15, -0.1) is 0 Å². The zero-order chi connectivity index (χ0) is 18.4. The lowest BCUT2D eigenvalue weighted by molar-refractivity contribution is -0.122. The largest absolute Gasteiger partial charge is 0.326 e. The monoisotopic (exact) mass is 383 g/mol. The normalized spacial score (nSPS) is 38.2. The molecule has 1 aliphatic heterocycles. The minimum Gasteiger partial charge on any atom is -0.326 e. The third-order valence-corrected chi connectivity index (χ3v) is 7.63. The molecule has 1 atom stereocenters. The maximum atomic E-state index is 12.4. The van der Waals surface area contributed by atoms with E-state index in [0.717, 1.165) is 28.6 Å². The highest BCUT2D eigenvalue weighted by molar-refractivity contribution is 8.15. The predicted octanol–water partition coefficient (Wildman–Crippen LogP) is 3.57. The molecule has 5 fully saturated rings. The second-order valence-electron chi connectivity index (χ2n) is 8.77. The average Bonchev–Trinajstić information content (AvgIpc) is 2.92. The van der Waals surface area contributed by atoms with Crippen LogP contribution >= 0.6 is 11.8 Å². The smallest absolute Gasteiger partial charge is 0.240 e. The van der Waals surface area contributed by atoms with Crippen LogP contribution in [0.1, 0.15) is 44.9 Å². The molecule has 0 spiro atoms. The van der Waals surface area contributed by atoms with E-state index in [0.29, 0.717) is 0 Å². The summed E-state index contributed by atoms with van der Waals surface area (Å²) in [5.41, 5.74) is 0.805. The summed E-state index contributed by atoms with van der Waals surface area (Å²) in [5, 5.41) is 6.15. The van der Waals surface area contributed by atoms with Gasteiger partial charge in [-0.1, -0.05) is 30.0 Å². The zero-order valence-corrected chi connectivity index (χ0v) is 16.1. The maximum absolute atomic E-state index is 12.4. The molecule has 0 radical (unpaired) electrons. The molecule has 2 N–H and O–H groups in total. The Balaban J connectivity index is 1.24. The van der Waals surface area contributed by atoms with Crippen LogP contribution in [0.5, 0.6) is 0 Å². The van der Waals surface area contributed by atoms with Crippen molar-refractivity contribution in [3.63, 3.8) is 0 Å². The molecule has 27 heavy (non-hydrogen) atoms. The molecular formula is C21H25N3O2S. The van der Waals surface area contributed by atoms with E-state index in [2.05, 4.69) is 10.6 Å². The van der Waals surface area contributed by atoms with Gasteiger partial charge >= 0.3 is 0 Å². The van der Waals surface area contributed by atoms with Gasteiger partial charge in [-0.2, -0.15) is 0 Å². The second kappa shape index (κ2) is 6.66. The van der Waals surface area contributed by atoms with Crippen molar-refractivity contribution >= 4 is 34.4 Å². The van der Waals surface area contributed by atoms with Crippen LogP contribution in [0.3, 0.4) is 0 Å². The fourth-order valence-electron chi connectivity index (χ4n) is 5.91. The minimum atomic E-state index is -0.388. The number of hydrogen-bond donors (Lipinski definition) is 2. The Morgan fingerprint density at radius 1 is 1.11 bits per heavy atom. The number of amides is 2.